The highest BCUT2D eigenvalue weighted by Crippen LogP contribution is 2.40. The van der Waals surface area contributed by atoms with Crippen molar-refractivity contribution in [3.05, 3.63) is 46.7 Å². The average Bonchev–Trinajstić information content (AvgIpc) is 3.50. The summed E-state index contributed by atoms with van der Waals surface area (Å²) in [5, 5.41) is 4.55. The van der Waals surface area contributed by atoms with Gasteiger partial charge in [-0.25, -0.2) is 0 Å². The van der Waals surface area contributed by atoms with Crippen molar-refractivity contribution in [1.29, 1.82) is 0 Å². The summed E-state index contributed by atoms with van der Waals surface area (Å²) in [6.07, 6.45) is 20.5. The van der Waals surface area contributed by atoms with Gasteiger partial charge in [-0.2, -0.15) is 0 Å². The first-order chi connectivity index (χ1) is 15.4. The number of nitrogens with one attached hydrogen (secondary N) is 1. The van der Waals surface area contributed by atoms with E-state index in [2.05, 4.69) is 64.4 Å². The van der Waals surface area contributed by atoms with Crippen molar-refractivity contribution in [2.45, 2.75) is 73.1 Å². The monoisotopic (exact) mass is 456 g/mol. The molecule has 0 aliphatic heterocycles. The summed E-state index contributed by atoms with van der Waals surface area (Å²) < 4.78 is 0. The molecule has 1 saturated carbocycles. The molecule has 7 atom stereocenters. The van der Waals surface area contributed by atoms with Crippen LogP contribution < -0.4 is 5.32 Å². The van der Waals surface area contributed by atoms with Gasteiger partial charge in [0.2, 0.25) is 0 Å². The van der Waals surface area contributed by atoms with E-state index in [0.717, 1.165) is 42.2 Å². The zero-order valence-corrected chi connectivity index (χ0v) is 21.7. The normalized spacial score (nSPS) is 33.5. The Morgan fingerprint density at radius 3 is 2.66 bits per heavy atom. The minimum Gasteiger partial charge on any atom is -0.316 e. The van der Waals surface area contributed by atoms with Crippen LogP contribution in [0.15, 0.2) is 51.7 Å². The van der Waals surface area contributed by atoms with Crippen LogP contribution in [0.2, 0.25) is 0 Å². The second kappa shape index (κ2) is 12.4. The minimum absolute atomic E-state index is 0.451. The number of rotatable bonds is 11. The third-order valence-electron chi connectivity index (χ3n) is 8.06. The van der Waals surface area contributed by atoms with Crippen molar-refractivity contribution in [3.8, 4) is 0 Å². The molecule has 0 radical (unpaired) electrons. The van der Waals surface area contributed by atoms with Crippen molar-refractivity contribution in [3.63, 3.8) is 0 Å². The molecular formula is C29H45ClN2. The summed E-state index contributed by atoms with van der Waals surface area (Å²) in [4.78, 5) is 5.00. The Morgan fingerprint density at radius 2 is 1.94 bits per heavy atom. The number of hydrogen-bond donors (Lipinski definition) is 1. The summed E-state index contributed by atoms with van der Waals surface area (Å²) in [5.74, 6) is 4.93. The molecule has 0 aromatic heterocycles. The van der Waals surface area contributed by atoms with Gasteiger partial charge < -0.3 is 5.32 Å². The topological polar surface area (TPSA) is 24.4 Å². The molecular weight excluding hydrogens is 412 g/mol. The average molecular weight is 457 g/mol. The first kappa shape index (κ1) is 25.5. The highest BCUT2D eigenvalue weighted by Gasteiger charge is 2.31. The molecule has 3 aliphatic rings. The van der Waals surface area contributed by atoms with Crippen LogP contribution >= 0.6 is 11.6 Å². The van der Waals surface area contributed by atoms with Gasteiger partial charge in [0.15, 0.2) is 0 Å². The summed E-state index contributed by atoms with van der Waals surface area (Å²) in [6, 6.07) is 0. The molecule has 178 valence electrons. The molecule has 32 heavy (non-hydrogen) atoms. The van der Waals surface area contributed by atoms with Gasteiger partial charge in [0.25, 0.3) is 0 Å². The molecule has 3 aliphatic carbocycles. The molecule has 1 N–H and O–H groups in total. The number of allylic oxidation sites excluding steroid dienone is 7. The maximum absolute atomic E-state index is 6.19. The van der Waals surface area contributed by atoms with Crippen LogP contribution in [0.25, 0.3) is 0 Å². The van der Waals surface area contributed by atoms with Crippen LogP contribution in [0.1, 0.15) is 73.1 Å². The molecule has 3 rings (SSSR count). The van der Waals surface area contributed by atoms with Crippen LogP contribution in [0.3, 0.4) is 0 Å². The Balaban J connectivity index is 1.51. The van der Waals surface area contributed by atoms with Crippen LogP contribution in [-0.4, -0.2) is 19.3 Å². The molecule has 0 aromatic carbocycles. The van der Waals surface area contributed by atoms with Crippen molar-refractivity contribution in [2.75, 3.05) is 13.1 Å². The van der Waals surface area contributed by atoms with Crippen molar-refractivity contribution < 1.29 is 0 Å². The van der Waals surface area contributed by atoms with Gasteiger partial charge in [0.1, 0.15) is 0 Å². The van der Waals surface area contributed by atoms with Gasteiger partial charge in [-0.3, -0.25) is 4.99 Å². The lowest BCUT2D eigenvalue weighted by molar-refractivity contribution is 0.319. The molecule has 0 bridgehead atoms. The molecule has 0 spiro atoms. The first-order valence-electron chi connectivity index (χ1n) is 13.1. The number of nitrogens with zero attached hydrogens (tertiary/aromatic N) is 1. The number of halogens is 1. The van der Waals surface area contributed by atoms with Gasteiger partial charge in [-0.15, -0.1) is 0 Å². The van der Waals surface area contributed by atoms with E-state index in [9.17, 15) is 0 Å². The first-order valence-corrected chi connectivity index (χ1v) is 13.4. The lowest BCUT2D eigenvalue weighted by atomic mass is 9.79. The maximum atomic E-state index is 6.19. The van der Waals surface area contributed by atoms with Crippen molar-refractivity contribution in [1.82, 2.24) is 5.32 Å². The highest BCUT2D eigenvalue weighted by atomic mass is 35.5. The highest BCUT2D eigenvalue weighted by molar-refractivity contribution is 6.31. The second-order valence-corrected chi connectivity index (χ2v) is 11.2. The van der Waals surface area contributed by atoms with Crippen LogP contribution in [0, 0.1) is 41.4 Å². The standard InChI is InChI=1S/C29H45ClN2/c1-6-24(17-25-8-10-28(30)9-7-20(25)2)11-14-32-29-18-27(21(3)15-23(29)5)19-31-13-12-26-16-22(26)4/h7-10,14,18,20-24,26-27,31H,6,11-13,15-17,19H2,1-5H3. The summed E-state index contributed by atoms with van der Waals surface area (Å²) in [6.45, 7) is 14.0. The van der Waals surface area contributed by atoms with Gasteiger partial charge in [-0.1, -0.05) is 76.4 Å². The van der Waals surface area contributed by atoms with Gasteiger partial charge >= 0.3 is 0 Å². The third-order valence-corrected chi connectivity index (χ3v) is 8.31. The second-order valence-electron chi connectivity index (χ2n) is 10.8. The number of hydrogen-bond acceptors (Lipinski definition) is 2. The Hall–Kier alpha value is -1.12. The molecule has 3 heteroatoms. The Labute approximate surface area is 202 Å². The Morgan fingerprint density at radius 1 is 1.16 bits per heavy atom. The Kier molecular flexibility index (Phi) is 9.86. The summed E-state index contributed by atoms with van der Waals surface area (Å²) >= 11 is 6.19. The van der Waals surface area contributed by atoms with Gasteiger partial charge in [0.05, 0.1) is 0 Å². The van der Waals surface area contributed by atoms with Crippen LogP contribution in [0.5, 0.6) is 0 Å². The van der Waals surface area contributed by atoms with Crippen LogP contribution in [0.4, 0.5) is 0 Å². The van der Waals surface area contributed by atoms with Gasteiger partial charge in [-0.05, 0) is 92.2 Å². The smallest absolute Gasteiger partial charge is 0.0403 e. The van der Waals surface area contributed by atoms with Crippen LogP contribution in [-0.2, 0) is 0 Å². The van der Waals surface area contributed by atoms with E-state index in [1.54, 1.807) is 0 Å². The van der Waals surface area contributed by atoms with Crippen molar-refractivity contribution in [2.24, 2.45) is 46.4 Å². The molecule has 2 nitrogen and oxygen atoms in total. The lowest BCUT2D eigenvalue weighted by Gasteiger charge is -2.30. The molecule has 7 unspecified atom stereocenters. The third kappa shape index (κ3) is 7.73. The lowest BCUT2D eigenvalue weighted by Crippen LogP contribution is -2.30. The van der Waals surface area contributed by atoms with E-state index in [0.29, 0.717) is 23.7 Å². The predicted octanol–water partition coefficient (Wildman–Crippen LogP) is 7.93. The number of aliphatic imine (C=N–C) groups is 1. The largest absolute Gasteiger partial charge is 0.316 e. The molecule has 0 aromatic rings. The Bertz CT molecular complexity index is 759. The predicted molar refractivity (Wildman–Crippen MR) is 141 cm³/mol. The molecule has 0 saturated heterocycles. The summed E-state index contributed by atoms with van der Waals surface area (Å²) in [5.41, 5.74) is 2.78. The molecule has 0 amide bonds. The van der Waals surface area contributed by atoms with E-state index < -0.39 is 0 Å². The minimum atomic E-state index is 0.451. The van der Waals surface area contributed by atoms with E-state index >= 15 is 0 Å². The van der Waals surface area contributed by atoms with E-state index in [1.165, 1.54) is 43.5 Å². The zero-order valence-electron chi connectivity index (χ0n) is 21.0. The fourth-order valence-corrected chi connectivity index (χ4v) is 5.37. The van der Waals surface area contributed by atoms with Gasteiger partial charge in [0, 0.05) is 23.5 Å². The van der Waals surface area contributed by atoms with E-state index in [4.69, 9.17) is 16.6 Å². The maximum Gasteiger partial charge on any atom is 0.0403 e. The SMILES string of the molecule is CCC(CC=NC1=CC(CNCCC2CC2C)C(C)CC1C)CC1=CC=C(Cl)C=CC1C. The van der Waals surface area contributed by atoms with E-state index in [-0.39, 0.29) is 0 Å². The quantitative estimate of drug-likeness (QED) is 0.247. The fraction of sp³-hybridized carbons (Fsp3) is 0.690. The zero-order chi connectivity index (χ0) is 23.1. The fourth-order valence-electron chi connectivity index (χ4n) is 5.23. The molecule has 1 fully saturated rings. The molecule has 0 heterocycles. The summed E-state index contributed by atoms with van der Waals surface area (Å²) in [7, 11) is 0. The van der Waals surface area contributed by atoms with E-state index in [1.807, 2.05) is 12.2 Å². The van der Waals surface area contributed by atoms with Crippen molar-refractivity contribution >= 4 is 17.8 Å².